The second-order valence-corrected chi connectivity index (χ2v) is 7.73. The quantitative estimate of drug-likeness (QED) is 0.592. The highest BCUT2D eigenvalue weighted by atomic mass is 16.5. The number of rotatable bonds is 1. The second-order valence-electron chi connectivity index (χ2n) is 7.73. The van der Waals surface area contributed by atoms with Gasteiger partial charge in [0.15, 0.2) is 6.73 Å². The predicted octanol–water partition coefficient (Wildman–Crippen LogP) is 4.65. The molecule has 4 nitrogen and oxygen atoms in total. The van der Waals surface area contributed by atoms with Crippen LogP contribution < -0.4 is 15.3 Å². The van der Waals surface area contributed by atoms with E-state index in [1.165, 1.54) is 16.7 Å². The van der Waals surface area contributed by atoms with Crippen LogP contribution in [0.15, 0.2) is 39.5 Å². The fraction of sp³-hybridized carbons (Fsp3) is 0.348. The van der Waals surface area contributed by atoms with Crippen LogP contribution in [0.3, 0.4) is 0 Å². The number of fused-ring (bicyclic) bond motifs is 5. The highest BCUT2D eigenvalue weighted by molar-refractivity contribution is 5.87. The van der Waals surface area contributed by atoms with Crippen LogP contribution in [-0.4, -0.2) is 6.73 Å². The minimum absolute atomic E-state index is 0.172. The van der Waals surface area contributed by atoms with E-state index in [0.29, 0.717) is 18.9 Å². The van der Waals surface area contributed by atoms with Crippen LogP contribution in [0.25, 0.3) is 11.0 Å². The van der Waals surface area contributed by atoms with E-state index in [1.54, 1.807) is 0 Å². The van der Waals surface area contributed by atoms with Crippen LogP contribution >= 0.6 is 0 Å². The zero-order chi connectivity index (χ0) is 18.5. The van der Waals surface area contributed by atoms with Crippen LogP contribution in [0.1, 0.15) is 40.7 Å². The van der Waals surface area contributed by atoms with E-state index in [2.05, 4.69) is 43.0 Å². The largest absolute Gasteiger partial charge is 0.473 e. The Morgan fingerprint density at radius 2 is 1.78 bits per heavy atom. The number of anilines is 1. The second kappa shape index (κ2) is 6.15. The zero-order valence-corrected chi connectivity index (χ0v) is 15.8. The van der Waals surface area contributed by atoms with Crippen molar-refractivity contribution in [2.75, 3.05) is 11.6 Å². The van der Waals surface area contributed by atoms with Gasteiger partial charge in [0.2, 0.25) is 0 Å². The molecule has 2 aliphatic rings. The summed E-state index contributed by atoms with van der Waals surface area (Å²) in [5, 5.41) is 1.08. The van der Waals surface area contributed by atoms with Crippen LogP contribution in [0.4, 0.5) is 5.69 Å². The summed E-state index contributed by atoms with van der Waals surface area (Å²) in [5.74, 6) is 0.822. The summed E-state index contributed by atoms with van der Waals surface area (Å²) >= 11 is 0. The number of hydrogen-bond donors (Lipinski definition) is 0. The first kappa shape index (κ1) is 16.4. The maximum Gasteiger partial charge on any atom is 0.339 e. The molecule has 5 rings (SSSR count). The first-order valence-corrected chi connectivity index (χ1v) is 9.67. The zero-order valence-electron chi connectivity index (χ0n) is 15.8. The highest BCUT2D eigenvalue weighted by Gasteiger charge is 2.25. The monoisotopic (exact) mass is 361 g/mol. The van der Waals surface area contributed by atoms with Gasteiger partial charge < -0.3 is 14.1 Å². The van der Waals surface area contributed by atoms with Gasteiger partial charge in [-0.2, -0.15) is 0 Å². The lowest BCUT2D eigenvalue weighted by Crippen LogP contribution is -2.32. The Kier molecular flexibility index (Phi) is 3.74. The van der Waals surface area contributed by atoms with Gasteiger partial charge in [-0.25, -0.2) is 4.79 Å². The molecule has 0 atom stereocenters. The van der Waals surface area contributed by atoms with Crippen molar-refractivity contribution in [2.24, 2.45) is 0 Å². The van der Waals surface area contributed by atoms with E-state index in [0.717, 1.165) is 53.6 Å². The van der Waals surface area contributed by atoms with Gasteiger partial charge in [-0.3, -0.25) is 0 Å². The van der Waals surface area contributed by atoms with Crippen molar-refractivity contribution in [3.05, 3.63) is 68.6 Å². The van der Waals surface area contributed by atoms with Gasteiger partial charge in [0.05, 0.1) is 12.1 Å². The Morgan fingerprint density at radius 3 is 2.63 bits per heavy atom. The van der Waals surface area contributed by atoms with Gasteiger partial charge in [-0.15, -0.1) is 0 Å². The maximum absolute atomic E-state index is 12.6. The Morgan fingerprint density at radius 1 is 0.963 bits per heavy atom. The van der Waals surface area contributed by atoms with Crippen molar-refractivity contribution in [3.8, 4) is 5.75 Å². The van der Waals surface area contributed by atoms with Crippen molar-refractivity contribution in [1.82, 2.24) is 0 Å². The van der Waals surface area contributed by atoms with E-state index in [9.17, 15) is 4.79 Å². The lowest BCUT2D eigenvalue weighted by Gasteiger charge is -2.32. The van der Waals surface area contributed by atoms with E-state index >= 15 is 0 Å². The maximum atomic E-state index is 12.6. The Hall–Kier alpha value is -2.75. The molecule has 2 aromatic carbocycles. The first-order valence-electron chi connectivity index (χ1n) is 9.67. The van der Waals surface area contributed by atoms with Crippen LogP contribution in [-0.2, 0) is 19.4 Å². The van der Waals surface area contributed by atoms with Crippen molar-refractivity contribution in [3.63, 3.8) is 0 Å². The molecule has 0 unspecified atom stereocenters. The molecule has 2 heterocycles. The molecule has 0 amide bonds. The average Bonchev–Trinajstić information content (AvgIpc) is 2.69. The van der Waals surface area contributed by atoms with Crippen molar-refractivity contribution in [2.45, 2.75) is 46.1 Å². The lowest BCUT2D eigenvalue weighted by molar-refractivity contribution is 0.289. The number of nitrogens with zero attached hydrogens (tertiary/aromatic N) is 1. The molecule has 1 aliphatic carbocycles. The SMILES string of the molecule is Cc1ccc(C)c(N2COc3ccc4c5c(c(=O)oc4c3C2)CCCC5)c1. The van der Waals surface area contributed by atoms with E-state index < -0.39 is 0 Å². The van der Waals surface area contributed by atoms with Crippen molar-refractivity contribution in [1.29, 1.82) is 0 Å². The minimum Gasteiger partial charge on any atom is -0.473 e. The molecular formula is C23H23NO3. The summed E-state index contributed by atoms with van der Waals surface area (Å²) in [5.41, 5.74) is 7.16. The molecular weight excluding hydrogens is 338 g/mol. The molecule has 1 aliphatic heterocycles. The molecule has 0 radical (unpaired) electrons. The molecule has 0 saturated heterocycles. The first-order chi connectivity index (χ1) is 13.1. The third-order valence-corrected chi connectivity index (χ3v) is 5.88. The van der Waals surface area contributed by atoms with Gasteiger partial charge in [-0.1, -0.05) is 12.1 Å². The molecule has 0 spiro atoms. The van der Waals surface area contributed by atoms with Crippen LogP contribution in [0.2, 0.25) is 0 Å². The smallest absolute Gasteiger partial charge is 0.339 e. The summed E-state index contributed by atoms with van der Waals surface area (Å²) in [4.78, 5) is 14.8. The number of ether oxygens (including phenoxy) is 1. The molecule has 4 heteroatoms. The summed E-state index contributed by atoms with van der Waals surface area (Å²) < 4.78 is 11.9. The fourth-order valence-corrected chi connectivity index (χ4v) is 4.43. The number of benzene rings is 2. The van der Waals surface area contributed by atoms with Gasteiger partial charge in [0.25, 0.3) is 0 Å². The Balaban J connectivity index is 1.66. The predicted molar refractivity (Wildman–Crippen MR) is 107 cm³/mol. The van der Waals surface area contributed by atoms with E-state index in [1.807, 2.05) is 6.07 Å². The molecule has 0 fully saturated rings. The molecule has 138 valence electrons. The van der Waals surface area contributed by atoms with Crippen molar-refractivity contribution < 1.29 is 9.15 Å². The molecule has 0 saturated carbocycles. The van der Waals surface area contributed by atoms with Gasteiger partial charge in [0, 0.05) is 16.6 Å². The van der Waals surface area contributed by atoms with E-state index in [-0.39, 0.29) is 5.63 Å². The summed E-state index contributed by atoms with van der Waals surface area (Å²) in [6.45, 7) is 5.39. The number of hydrogen-bond acceptors (Lipinski definition) is 4. The summed E-state index contributed by atoms with van der Waals surface area (Å²) in [6, 6.07) is 10.5. The number of aryl methyl sites for hydroxylation is 3. The van der Waals surface area contributed by atoms with Crippen molar-refractivity contribution >= 4 is 16.7 Å². The standard InChI is InChI=1S/C23H23NO3/c1-14-7-8-15(2)20(11-14)24-12-19-21(26-13-24)10-9-17-16-5-3-4-6-18(16)23(25)27-22(17)19/h7-11H,3-6,12-13H2,1-2H3. The highest BCUT2D eigenvalue weighted by Crippen LogP contribution is 2.37. The summed E-state index contributed by atoms with van der Waals surface area (Å²) in [6.07, 6.45) is 3.99. The molecule has 0 bridgehead atoms. The molecule has 27 heavy (non-hydrogen) atoms. The molecule has 3 aromatic rings. The average molecular weight is 361 g/mol. The van der Waals surface area contributed by atoms with Gasteiger partial charge in [0.1, 0.15) is 11.3 Å². The third kappa shape index (κ3) is 2.62. The summed E-state index contributed by atoms with van der Waals surface area (Å²) in [7, 11) is 0. The van der Waals surface area contributed by atoms with E-state index in [4.69, 9.17) is 9.15 Å². The van der Waals surface area contributed by atoms with Crippen LogP contribution in [0.5, 0.6) is 5.75 Å². The topological polar surface area (TPSA) is 42.7 Å². The normalized spacial score (nSPS) is 16.0. The molecule has 1 aromatic heterocycles. The third-order valence-electron chi connectivity index (χ3n) is 5.88. The van der Waals surface area contributed by atoms with Crippen LogP contribution in [0, 0.1) is 13.8 Å². The lowest BCUT2D eigenvalue weighted by atomic mass is 9.90. The Bertz CT molecular complexity index is 1110. The van der Waals surface area contributed by atoms with Gasteiger partial charge >= 0.3 is 5.63 Å². The van der Waals surface area contributed by atoms with Gasteiger partial charge in [-0.05, 0) is 74.4 Å². The minimum atomic E-state index is -0.172. The fourth-order valence-electron chi connectivity index (χ4n) is 4.43. The Labute approximate surface area is 158 Å². The molecule has 0 N–H and O–H groups in total.